The molecule has 3 nitrogen and oxygen atoms in total. The number of carbonyl (C=O) groups excluding carboxylic acids is 2. The summed E-state index contributed by atoms with van der Waals surface area (Å²) >= 11 is 0. The van der Waals surface area contributed by atoms with E-state index in [0.29, 0.717) is 6.42 Å². The Morgan fingerprint density at radius 3 is 2.58 bits per heavy atom. The molecule has 1 rings (SSSR count). The molecule has 0 N–H and O–H groups in total. The first-order chi connectivity index (χ1) is 5.41. The molecule has 0 aromatic rings. The van der Waals surface area contributed by atoms with Crippen LogP contribution in [0.2, 0.25) is 0 Å². The van der Waals surface area contributed by atoms with Crippen molar-refractivity contribution >= 4 is 11.6 Å². The van der Waals surface area contributed by atoms with Crippen LogP contribution in [0.25, 0.3) is 0 Å². The smallest absolute Gasteiger partial charge is 0.158 e. The van der Waals surface area contributed by atoms with E-state index in [-0.39, 0.29) is 18.0 Å². The van der Waals surface area contributed by atoms with Crippen molar-refractivity contribution in [3.63, 3.8) is 0 Å². The van der Waals surface area contributed by atoms with E-state index in [1.165, 1.54) is 6.92 Å². The Bertz CT molecular complexity index is 218. The molecule has 1 aliphatic rings. The molecule has 0 aromatic heterocycles. The minimum Gasteiger partial charge on any atom is -0.364 e. The Kier molecular flexibility index (Phi) is 2.33. The summed E-state index contributed by atoms with van der Waals surface area (Å²) < 4.78 is 5.44. The first kappa shape index (κ1) is 9.39. The Hall–Kier alpha value is -0.700. The molecule has 0 spiro atoms. The van der Waals surface area contributed by atoms with Crippen LogP contribution in [0.3, 0.4) is 0 Å². The molecule has 0 bridgehead atoms. The predicted octanol–water partition coefficient (Wildman–Crippen LogP) is 1.10. The van der Waals surface area contributed by atoms with Gasteiger partial charge in [0, 0.05) is 12.8 Å². The maximum Gasteiger partial charge on any atom is 0.158 e. The second kappa shape index (κ2) is 2.98. The number of hydrogen-bond donors (Lipinski definition) is 0. The Morgan fingerprint density at radius 2 is 2.17 bits per heavy atom. The van der Waals surface area contributed by atoms with E-state index in [2.05, 4.69) is 0 Å². The lowest BCUT2D eigenvalue weighted by atomic mass is 9.93. The number of ether oxygens (including phenoxy) is 1. The van der Waals surface area contributed by atoms with Gasteiger partial charge in [-0.05, 0) is 20.8 Å². The molecular weight excluding hydrogens is 156 g/mol. The average molecular weight is 170 g/mol. The number of rotatable bonds is 1. The molecule has 1 heterocycles. The highest BCUT2D eigenvalue weighted by Gasteiger charge is 2.35. The van der Waals surface area contributed by atoms with Gasteiger partial charge in [-0.2, -0.15) is 0 Å². The minimum absolute atomic E-state index is 0.0591. The monoisotopic (exact) mass is 170 g/mol. The van der Waals surface area contributed by atoms with E-state index < -0.39 is 11.7 Å². The summed E-state index contributed by atoms with van der Waals surface area (Å²) in [6.07, 6.45) is 0.150. The maximum absolute atomic E-state index is 11.2. The molecule has 1 aliphatic heterocycles. The van der Waals surface area contributed by atoms with Gasteiger partial charge in [0.15, 0.2) is 5.78 Å². The summed E-state index contributed by atoms with van der Waals surface area (Å²) in [4.78, 5) is 22.1. The fraction of sp³-hybridized carbons (Fsp3) is 0.778. The standard InChI is InChI=1S/C9H14O3/c1-6(10)8-4-7(11)5-9(2,3)12-8/h8H,4-5H2,1-3H3/t8-/m0/s1. The van der Waals surface area contributed by atoms with E-state index in [1.807, 2.05) is 13.8 Å². The average Bonchev–Trinajstić information content (AvgIpc) is 1.82. The van der Waals surface area contributed by atoms with Crippen LogP contribution < -0.4 is 0 Å². The molecule has 3 heteroatoms. The van der Waals surface area contributed by atoms with Crippen LogP contribution in [-0.2, 0) is 14.3 Å². The van der Waals surface area contributed by atoms with Gasteiger partial charge in [-0.15, -0.1) is 0 Å². The summed E-state index contributed by atoms with van der Waals surface area (Å²) in [6, 6.07) is 0. The molecule has 0 amide bonds. The predicted molar refractivity (Wildman–Crippen MR) is 43.9 cm³/mol. The fourth-order valence-corrected chi connectivity index (χ4v) is 1.45. The second-order valence-electron chi connectivity index (χ2n) is 3.90. The Balaban J connectivity index is 2.70. The van der Waals surface area contributed by atoms with Crippen molar-refractivity contribution in [3.05, 3.63) is 0 Å². The van der Waals surface area contributed by atoms with Crippen LogP contribution in [0.4, 0.5) is 0 Å². The van der Waals surface area contributed by atoms with E-state index in [4.69, 9.17) is 4.74 Å². The molecule has 0 saturated carbocycles. The normalized spacial score (nSPS) is 28.6. The first-order valence-corrected chi connectivity index (χ1v) is 4.11. The molecule has 0 radical (unpaired) electrons. The van der Waals surface area contributed by atoms with Crippen molar-refractivity contribution < 1.29 is 14.3 Å². The van der Waals surface area contributed by atoms with Gasteiger partial charge in [0.25, 0.3) is 0 Å². The zero-order valence-corrected chi connectivity index (χ0v) is 7.72. The second-order valence-corrected chi connectivity index (χ2v) is 3.90. The maximum atomic E-state index is 11.2. The van der Waals surface area contributed by atoms with Gasteiger partial charge in [-0.3, -0.25) is 9.59 Å². The quantitative estimate of drug-likeness (QED) is 0.592. The van der Waals surface area contributed by atoms with Crippen LogP contribution in [-0.4, -0.2) is 23.3 Å². The first-order valence-electron chi connectivity index (χ1n) is 4.11. The van der Waals surface area contributed by atoms with Gasteiger partial charge in [-0.1, -0.05) is 0 Å². The van der Waals surface area contributed by atoms with Crippen molar-refractivity contribution in [2.24, 2.45) is 0 Å². The van der Waals surface area contributed by atoms with Crippen molar-refractivity contribution in [1.29, 1.82) is 0 Å². The largest absolute Gasteiger partial charge is 0.364 e. The third-order valence-corrected chi connectivity index (χ3v) is 1.95. The van der Waals surface area contributed by atoms with Crippen molar-refractivity contribution in [1.82, 2.24) is 0 Å². The van der Waals surface area contributed by atoms with Crippen molar-refractivity contribution in [2.75, 3.05) is 0 Å². The number of hydrogen-bond acceptors (Lipinski definition) is 3. The number of carbonyl (C=O) groups is 2. The topological polar surface area (TPSA) is 43.4 Å². The zero-order chi connectivity index (χ0) is 9.35. The van der Waals surface area contributed by atoms with E-state index in [0.717, 1.165) is 0 Å². The minimum atomic E-state index is -0.513. The van der Waals surface area contributed by atoms with Gasteiger partial charge in [0.2, 0.25) is 0 Å². The summed E-state index contributed by atoms with van der Waals surface area (Å²) in [6.45, 7) is 5.12. The zero-order valence-electron chi connectivity index (χ0n) is 7.72. The Labute approximate surface area is 72.1 Å². The van der Waals surface area contributed by atoms with Gasteiger partial charge in [-0.25, -0.2) is 0 Å². The molecule has 12 heavy (non-hydrogen) atoms. The lowest BCUT2D eigenvalue weighted by Gasteiger charge is -2.33. The van der Waals surface area contributed by atoms with Crippen molar-refractivity contribution in [3.8, 4) is 0 Å². The van der Waals surface area contributed by atoms with Crippen LogP contribution >= 0.6 is 0 Å². The Morgan fingerprint density at radius 1 is 1.58 bits per heavy atom. The summed E-state index contributed by atoms with van der Waals surface area (Å²) in [7, 11) is 0. The summed E-state index contributed by atoms with van der Waals surface area (Å²) in [5, 5.41) is 0. The molecule has 1 fully saturated rings. The van der Waals surface area contributed by atoms with E-state index in [9.17, 15) is 9.59 Å². The molecule has 0 aliphatic carbocycles. The highest BCUT2D eigenvalue weighted by atomic mass is 16.5. The van der Waals surface area contributed by atoms with Gasteiger partial charge in [0.1, 0.15) is 11.9 Å². The third-order valence-electron chi connectivity index (χ3n) is 1.95. The highest BCUT2D eigenvalue weighted by Crippen LogP contribution is 2.25. The molecule has 68 valence electrons. The molecular formula is C9H14O3. The molecule has 0 aromatic carbocycles. The molecule has 0 unspecified atom stereocenters. The van der Waals surface area contributed by atoms with Gasteiger partial charge < -0.3 is 4.74 Å². The molecule has 1 saturated heterocycles. The van der Waals surface area contributed by atoms with E-state index >= 15 is 0 Å². The van der Waals surface area contributed by atoms with Crippen LogP contribution in [0.15, 0.2) is 0 Å². The van der Waals surface area contributed by atoms with Gasteiger partial charge >= 0.3 is 0 Å². The SMILES string of the molecule is CC(=O)[C@@H]1CC(=O)CC(C)(C)O1. The molecule has 1 atom stereocenters. The van der Waals surface area contributed by atoms with Crippen LogP contribution in [0, 0.1) is 0 Å². The van der Waals surface area contributed by atoms with Crippen LogP contribution in [0.5, 0.6) is 0 Å². The summed E-state index contributed by atoms with van der Waals surface area (Å²) in [5.41, 5.74) is -0.467. The number of ketones is 2. The van der Waals surface area contributed by atoms with Crippen LogP contribution in [0.1, 0.15) is 33.6 Å². The van der Waals surface area contributed by atoms with E-state index in [1.54, 1.807) is 0 Å². The van der Waals surface area contributed by atoms with Crippen molar-refractivity contribution in [2.45, 2.75) is 45.3 Å². The lowest BCUT2D eigenvalue weighted by molar-refractivity contribution is -0.159. The third kappa shape index (κ3) is 2.14. The van der Waals surface area contributed by atoms with Gasteiger partial charge in [0.05, 0.1) is 5.60 Å². The number of Topliss-reactive ketones (excluding diaryl/α,β-unsaturated/α-hetero) is 2. The lowest BCUT2D eigenvalue weighted by Crippen LogP contribution is -2.42. The summed E-state index contributed by atoms with van der Waals surface area (Å²) in [5.74, 6) is 0.0579. The fourth-order valence-electron chi connectivity index (χ4n) is 1.45. The highest BCUT2D eigenvalue weighted by molar-refractivity contribution is 5.89.